The Morgan fingerprint density at radius 1 is 0.842 bits per heavy atom. The molecule has 0 saturated carbocycles. The Bertz CT molecular complexity index is 1570. The van der Waals surface area contributed by atoms with Crippen molar-refractivity contribution in [1.29, 1.82) is 0 Å². The third kappa shape index (κ3) is 5.88. The number of esters is 1. The standard InChI is InChI=1S/C29H25ClN2O5S/c1-20-11-17-23(18-12-20)38(35,36)32(19-21-13-15-22(30)16-14-21)27-10-6-4-8-25(27)28(33)31-26-9-5-3-7-24(26)29(34)37-2/h3-18H,19H2,1-2H3,(H,31,33). The van der Waals surface area contributed by atoms with E-state index in [1.54, 1.807) is 72.8 Å². The molecule has 0 aliphatic heterocycles. The molecule has 38 heavy (non-hydrogen) atoms. The fourth-order valence-electron chi connectivity index (χ4n) is 3.85. The van der Waals surface area contributed by atoms with Crippen LogP contribution in [0.2, 0.25) is 5.02 Å². The van der Waals surface area contributed by atoms with Gasteiger partial charge in [-0.1, -0.05) is 65.7 Å². The van der Waals surface area contributed by atoms with E-state index in [9.17, 15) is 18.0 Å². The number of hydrogen-bond acceptors (Lipinski definition) is 5. The topological polar surface area (TPSA) is 92.8 Å². The molecule has 4 rings (SSSR count). The van der Waals surface area contributed by atoms with Gasteiger partial charge in [0, 0.05) is 5.02 Å². The first kappa shape index (κ1) is 26.9. The SMILES string of the molecule is COC(=O)c1ccccc1NC(=O)c1ccccc1N(Cc1ccc(Cl)cc1)S(=O)(=O)c1ccc(C)cc1. The van der Waals surface area contributed by atoms with Crippen molar-refractivity contribution < 1.29 is 22.7 Å². The van der Waals surface area contributed by atoms with Gasteiger partial charge in [0.15, 0.2) is 0 Å². The number of para-hydroxylation sites is 2. The summed E-state index contributed by atoms with van der Waals surface area (Å²) in [5.74, 6) is -1.20. The van der Waals surface area contributed by atoms with Crippen molar-refractivity contribution in [2.24, 2.45) is 0 Å². The third-order valence-electron chi connectivity index (χ3n) is 5.85. The van der Waals surface area contributed by atoms with Crippen LogP contribution in [-0.4, -0.2) is 27.4 Å². The van der Waals surface area contributed by atoms with Crippen LogP contribution in [0.3, 0.4) is 0 Å². The highest BCUT2D eigenvalue weighted by atomic mass is 35.5. The van der Waals surface area contributed by atoms with Crippen molar-refractivity contribution in [3.8, 4) is 0 Å². The highest BCUT2D eigenvalue weighted by molar-refractivity contribution is 7.92. The van der Waals surface area contributed by atoms with E-state index in [2.05, 4.69) is 5.32 Å². The second-order valence-corrected chi connectivity index (χ2v) is 10.8. The second kappa shape index (κ2) is 11.5. The van der Waals surface area contributed by atoms with Crippen molar-refractivity contribution in [3.05, 3.63) is 124 Å². The lowest BCUT2D eigenvalue weighted by molar-refractivity contribution is 0.0602. The Kier molecular flexibility index (Phi) is 8.14. The van der Waals surface area contributed by atoms with Gasteiger partial charge in [-0.15, -0.1) is 0 Å². The van der Waals surface area contributed by atoms with Gasteiger partial charge < -0.3 is 10.1 Å². The summed E-state index contributed by atoms with van der Waals surface area (Å²) in [6, 6.07) is 26.2. The summed E-state index contributed by atoms with van der Waals surface area (Å²) in [4.78, 5) is 25.8. The summed E-state index contributed by atoms with van der Waals surface area (Å²) in [6.07, 6.45) is 0. The molecule has 9 heteroatoms. The molecule has 7 nitrogen and oxygen atoms in total. The number of methoxy groups -OCH3 is 1. The minimum Gasteiger partial charge on any atom is -0.465 e. The largest absolute Gasteiger partial charge is 0.465 e. The zero-order valence-electron chi connectivity index (χ0n) is 20.7. The molecule has 194 valence electrons. The van der Waals surface area contributed by atoms with Crippen LogP contribution in [0.4, 0.5) is 11.4 Å². The maximum absolute atomic E-state index is 13.9. The molecule has 0 bridgehead atoms. The molecule has 4 aromatic rings. The fraction of sp³-hybridized carbons (Fsp3) is 0.103. The number of amides is 1. The quantitative estimate of drug-likeness (QED) is 0.269. The van der Waals surface area contributed by atoms with Gasteiger partial charge in [-0.3, -0.25) is 9.10 Å². The van der Waals surface area contributed by atoms with Gasteiger partial charge in [0.2, 0.25) is 0 Å². The Morgan fingerprint density at radius 3 is 2.11 bits per heavy atom. The van der Waals surface area contributed by atoms with Crippen molar-refractivity contribution in [2.45, 2.75) is 18.4 Å². The number of anilines is 2. The number of ether oxygens (including phenoxy) is 1. The summed E-state index contributed by atoms with van der Waals surface area (Å²) in [5, 5.41) is 3.25. The van der Waals surface area contributed by atoms with Crippen molar-refractivity contribution in [1.82, 2.24) is 0 Å². The number of carbonyl (C=O) groups is 2. The van der Waals surface area contributed by atoms with Crippen LogP contribution >= 0.6 is 11.6 Å². The van der Waals surface area contributed by atoms with Crippen LogP contribution in [0, 0.1) is 6.92 Å². The minimum absolute atomic E-state index is 0.0452. The molecule has 0 aliphatic rings. The smallest absolute Gasteiger partial charge is 0.339 e. The van der Waals surface area contributed by atoms with Crippen LogP contribution in [0.1, 0.15) is 31.8 Å². The fourth-order valence-corrected chi connectivity index (χ4v) is 5.44. The van der Waals surface area contributed by atoms with Gasteiger partial charge >= 0.3 is 5.97 Å². The van der Waals surface area contributed by atoms with Gasteiger partial charge in [0.05, 0.1) is 41.1 Å². The molecule has 1 amide bonds. The maximum atomic E-state index is 13.9. The Balaban J connectivity index is 1.79. The van der Waals surface area contributed by atoms with Crippen LogP contribution in [-0.2, 0) is 21.3 Å². The highest BCUT2D eigenvalue weighted by Gasteiger charge is 2.29. The molecule has 0 saturated heterocycles. The summed E-state index contributed by atoms with van der Waals surface area (Å²) in [6.45, 7) is 1.82. The summed E-state index contributed by atoms with van der Waals surface area (Å²) in [7, 11) is -2.84. The molecular formula is C29H25ClN2O5S. The van der Waals surface area contributed by atoms with Crippen LogP contribution in [0.15, 0.2) is 102 Å². The predicted octanol–water partition coefficient (Wildman–Crippen LogP) is 6.08. The number of aryl methyl sites for hydroxylation is 1. The number of sulfonamides is 1. The van der Waals surface area contributed by atoms with E-state index in [0.29, 0.717) is 10.6 Å². The lowest BCUT2D eigenvalue weighted by atomic mass is 10.1. The van der Waals surface area contributed by atoms with Crippen LogP contribution in [0.5, 0.6) is 0 Å². The van der Waals surface area contributed by atoms with Crippen molar-refractivity contribution in [3.63, 3.8) is 0 Å². The van der Waals surface area contributed by atoms with E-state index in [0.717, 1.165) is 5.56 Å². The molecule has 0 fully saturated rings. The van der Waals surface area contributed by atoms with Crippen molar-refractivity contribution >= 4 is 44.9 Å². The van der Waals surface area contributed by atoms with E-state index < -0.39 is 21.9 Å². The predicted molar refractivity (Wildman–Crippen MR) is 148 cm³/mol. The Labute approximate surface area is 226 Å². The minimum atomic E-state index is -4.09. The third-order valence-corrected chi connectivity index (χ3v) is 7.87. The summed E-state index contributed by atoms with van der Waals surface area (Å²) >= 11 is 6.04. The Hall–Kier alpha value is -4.14. The van der Waals surface area contributed by atoms with Gasteiger partial charge in [0.25, 0.3) is 15.9 Å². The lowest BCUT2D eigenvalue weighted by Crippen LogP contribution is -2.32. The average molecular weight is 549 g/mol. The normalized spacial score (nSPS) is 11.0. The van der Waals surface area contributed by atoms with Crippen LogP contribution < -0.4 is 9.62 Å². The molecular weight excluding hydrogens is 524 g/mol. The van der Waals surface area contributed by atoms with Gasteiger partial charge in [-0.05, 0) is 61.0 Å². The number of rotatable bonds is 8. The summed E-state index contributed by atoms with van der Waals surface area (Å²) in [5.41, 5.74) is 2.29. The highest BCUT2D eigenvalue weighted by Crippen LogP contribution is 2.30. The van der Waals surface area contributed by atoms with E-state index in [1.165, 1.54) is 35.7 Å². The monoisotopic (exact) mass is 548 g/mol. The molecule has 0 aliphatic carbocycles. The van der Waals surface area contributed by atoms with Gasteiger partial charge in [-0.2, -0.15) is 0 Å². The first-order chi connectivity index (χ1) is 18.2. The average Bonchev–Trinajstić information content (AvgIpc) is 2.92. The second-order valence-electron chi connectivity index (χ2n) is 8.46. The summed E-state index contributed by atoms with van der Waals surface area (Å²) < 4.78 is 33.9. The van der Waals surface area contributed by atoms with Crippen molar-refractivity contribution in [2.75, 3.05) is 16.7 Å². The van der Waals surface area contributed by atoms with Gasteiger partial charge in [0.1, 0.15) is 0 Å². The first-order valence-electron chi connectivity index (χ1n) is 11.6. The van der Waals surface area contributed by atoms with Crippen LogP contribution in [0.25, 0.3) is 0 Å². The number of halogens is 1. The molecule has 4 aromatic carbocycles. The number of benzene rings is 4. The zero-order chi connectivity index (χ0) is 27.3. The molecule has 0 unspecified atom stereocenters. The molecule has 1 N–H and O–H groups in total. The first-order valence-corrected chi connectivity index (χ1v) is 13.4. The van der Waals surface area contributed by atoms with E-state index in [4.69, 9.17) is 16.3 Å². The lowest BCUT2D eigenvalue weighted by Gasteiger charge is -2.27. The van der Waals surface area contributed by atoms with Gasteiger partial charge in [-0.25, -0.2) is 13.2 Å². The van der Waals surface area contributed by atoms with E-state index >= 15 is 0 Å². The molecule has 0 heterocycles. The Morgan fingerprint density at radius 2 is 1.45 bits per heavy atom. The number of nitrogens with zero attached hydrogens (tertiary/aromatic N) is 1. The molecule has 0 aromatic heterocycles. The zero-order valence-corrected chi connectivity index (χ0v) is 22.3. The molecule has 0 spiro atoms. The van der Waals surface area contributed by atoms with E-state index in [-0.39, 0.29) is 33.9 Å². The maximum Gasteiger partial charge on any atom is 0.339 e. The number of nitrogens with one attached hydrogen (secondary N) is 1. The molecule has 0 atom stereocenters. The number of hydrogen-bond donors (Lipinski definition) is 1. The number of carbonyl (C=O) groups excluding carboxylic acids is 2. The molecule has 0 radical (unpaired) electrons. The van der Waals surface area contributed by atoms with E-state index in [1.807, 2.05) is 6.92 Å².